The summed E-state index contributed by atoms with van der Waals surface area (Å²) in [6, 6.07) is 23.2. The molecule has 0 saturated carbocycles. The van der Waals surface area contributed by atoms with Crippen LogP contribution >= 0.6 is 23.2 Å². The zero-order valence-corrected chi connectivity index (χ0v) is 17.5. The number of amides is 1. The highest BCUT2D eigenvalue weighted by Crippen LogP contribution is 2.30. The molecular formula is C24H14Cl2N4O. The number of hydrazone groups is 1. The predicted molar refractivity (Wildman–Crippen MR) is 123 cm³/mol. The Morgan fingerprint density at radius 1 is 1.00 bits per heavy atom. The lowest BCUT2D eigenvalue weighted by atomic mass is 10.0. The van der Waals surface area contributed by atoms with Gasteiger partial charge < -0.3 is 0 Å². The van der Waals surface area contributed by atoms with E-state index in [2.05, 4.69) is 21.6 Å². The van der Waals surface area contributed by atoms with Crippen molar-refractivity contribution in [1.29, 1.82) is 5.26 Å². The summed E-state index contributed by atoms with van der Waals surface area (Å²) in [6.07, 6.45) is 1.52. The van der Waals surface area contributed by atoms with Gasteiger partial charge in [-0.05, 0) is 42.0 Å². The Balaban J connectivity index is 1.66. The quantitative estimate of drug-likeness (QED) is 0.317. The summed E-state index contributed by atoms with van der Waals surface area (Å²) in [4.78, 5) is 17.6. The molecule has 0 unspecified atom stereocenters. The number of nitriles is 1. The lowest BCUT2D eigenvalue weighted by Gasteiger charge is -2.09. The van der Waals surface area contributed by atoms with Crippen LogP contribution < -0.4 is 5.43 Å². The van der Waals surface area contributed by atoms with E-state index in [1.807, 2.05) is 24.3 Å². The van der Waals surface area contributed by atoms with Gasteiger partial charge in [0.1, 0.15) is 0 Å². The van der Waals surface area contributed by atoms with Gasteiger partial charge in [0.25, 0.3) is 5.91 Å². The van der Waals surface area contributed by atoms with Crippen LogP contribution in [0, 0.1) is 11.3 Å². The van der Waals surface area contributed by atoms with E-state index in [4.69, 9.17) is 28.5 Å². The third-order valence-corrected chi connectivity index (χ3v) is 5.33. The molecule has 5 nitrogen and oxygen atoms in total. The van der Waals surface area contributed by atoms with Crippen molar-refractivity contribution in [2.24, 2.45) is 5.10 Å². The van der Waals surface area contributed by atoms with Gasteiger partial charge in [0.2, 0.25) is 0 Å². The minimum atomic E-state index is -0.371. The fourth-order valence-corrected chi connectivity index (χ4v) is 3.33. The molecule has 0 radical (unpaired) electrons. The first kappa shape index (κ1) is 20.5. The first-order valence-corrected chi connectivity index (χ1v) is 9.99. The Bertz CT molecular complexity index is 1360. The highest BCUT2D eigenvalue weighted by atomic mass is 35.5. The number of aromatic nitrogens is 1. The molecule has 7 heteroatoms. The van der Waals surface area contributed by atoms with Crippen LogP contribution in [0.1, 0.15) is 21.5 Å². The van der Waals surface area contributed by atoms with Crippen molar-refractivity contribution < 1.29 is 4.79 Å². The Kier molecular flexibility index (Phi) is 5.94. The van der Waals surface area contributed by atoms with Crippen LogP contribution in [0.5, 0.6) is 0 Å². The van der Waals surface area contributed by atoms with Crippen LogP contribution in [0.2, 0.25) is 10.0 Å². The van der Waals surface area contributed by atoms with E-state index in [0.29, 0.717) is 37.8 Å². The molecule has 4 aromatic rings. The lowest BCUT2D eigenvalue weighted by molar-refractivity contribution is 0.0956. The van der Waals surface area contributed by atoms with Gasteiger partial charge >= 0.3 is 0 Å². The number of carbonyl (C=O) groups is 1. The molecule has 0 fully saturated rings. The van der Waals surface area contributed by atoms with Crippen LogP contribution in [0.4, 0.5) is 0 Å². The Morgan fingerprint density at radius 3 is 2.52 bits per heavy atom. The fourth-order valence-electron chi connectivity index (χ4n) is 3.04. The Morgan fingerprint density at radius 2 is 1.77 bits per heavy atom. The topological polar surface area (TPSA) is 78.1 Å². The van der Waals surface area contributed by atoms with E-state index >= 15 is 0 Å². The van der Waals surface area contributed by atoms with Crippen LogP contribution in [0.25, 0.3) is 22.2 Å². The predicted octanol–water partition coefficient (Wildman–Crippen LogP) is 5.84. The number of carbonyl (C=O) groups excluding carboxylic acids is 1. The fraction of sp³-hybridized carbons (Fsp3) is 0. The van der Waals surface area contributed by atoms with Crippen LogP contribution in [0.15, 0.2) is 77.9 Å². The minimum Gasteiger partial charge on any atom is -0.267 e. The lowest BCUT2D eigenvalue weighted by Crippen LogP contribution is -2.18. The number of halogens is 2. The van der Waals surface area contributed by atoms with Crippen LogP contribution in [0.3, 0.4) is 0 Å². The van der Waals surface area contributed by atoms with E-state index < -0.39 is 0 Å². The molecule has 3 aromatic carbocycles. The second-order valence-electron chi connectivity index (χ2n) is 6.63. The summed E-state index contributed by atoms with van der Waals surface area (Å²) in [6.45, 7) is 0. The average molecular weight is 445 g/mol. The summed E-state index contributed by atoms with van der Waals surface area (Å²) in [7, 11) is 0. The molecule has 1 N–H and O–H groups in total. The normalized spacial score (nSPS) is 10.9. The molecule has 31 heavy (non-hydrogen) atoms. The Labute approximate surface area is 188 Å². The Hall–Kier alpha value is -3.72. The minimum absolute atomic E-state index is 0.371. The largest absolute Gasteiger partial charge is 0.272 e. The van der Waals surface area contributed by atoms with Crippen molar-refractivity contribution >= 4 is 46.2 Å². The first-order valence-electron chi connectivity index (χ1n) is 9.24. The van der Waals surface area contributed by atoms with E-state index in [-0.39, 0.29) is 5.91 Å². The zero-order chi connectivity index (χ0) is 21.8. The summed E-state index contributed by atoms with van der Waals surface area (Å²) in [5.41, 5.74) is 6.32. The second-order valence-corrected chi connectivity index (χ2v) is 7.45. The maximum atomic E-state index is 12.9. The maximum Gasteiger partial charge on any atom is 0.272 e. The van der Waals surface area contributed by atoms with Crippen molar-refractivity contribution in [3.05, 3.63) is 99.5 Å². The molecule has 0 aliphatic carbocycles. The highest BCUT2D eigenvalue weighted by molar-refractivity contribution is 6.42. The van der Waals surface area contributed by atoms with Crippen molar-refractivity contribution in [3.63, 3.8) is 0 Å². The third kappa shape index (κ3) is 4.56. The monoisotopic (exact) mass is 444 g/mol. The van der Waals surface area contributed by atoms with Gasteiger partial charge in [-0.1, -0.05) is 59.6 Å². The summed E-state index contributed by atoms with van der Waals surface area (Å²) in [5, 5.41) is 14.5. The molecular weight excluding hydrogens is 431 g/mol. The van der Waals surface area contributed by atoms with Gasteiger partial charge in [-0.3, -0.25) is 4.79 Å². The second kappa shape index (κ2) is 8.97. The van der Waals surface area contributed by atoms with Gasteiger partial charge in [0, 0.05) is 10.9 Å². The third-order valence-electron chi connectivity index (χ3n) is 4.60. The molecule has 0 saturated heterocycles. The average Bonchev–Trinajstić information content (AvgIpc) is 2.80. The van der Waals surface area contributed by atoms with Gasteiger partial charge in [0.05, 0.1) is 44.7 Å². The number of rotatable bonds is 4. The van der Waals surface area contributed by atoms with Crippen molar-refractivity contribution in [1.82, 2.24) is 10.4 Å². The van der Waals surface area contributed by atoms with Crippen molar-refractivity contribution in [2.75, 3.05) is 0 Å². The molecule has 0 bridgehead atoms. The molecule has 150 valence electrons. The molecule has 1 amide bonds. The van der Waals surface area contributed by atoms with E-state index in [9.17, 15) is 4.79 Å². The number of hydrogen-bond acceptors (Lipinski definition) is 4. The van der Waals surface area contributed by atoms with E-state index in [1.165, 1.54) is 6.21 Å². The first-order chi connectivity index (χ1) is 15.0. The molecule has 0 aliphatic rings. The zero-order valence-electron chi connectivity index (χ0n) is 16.0. The van der Waals surface area contributed by atoms with Gasteiger partial charge in [-0.2, -0.15) is 10.4 Å². The van der Waals surface area contributed by atoms with E-state index in [1.54, 1.807) is 48.5 Å². The number of hydrogen-bond donors (Lipinski definition) is 1. The van der Waals surface area contributed by atoms with Crippen molar-refractivity contribution in [2.45, 2.75) is 0 Å². The number of fused-ring (bicyclic) bond motifs is 1. The van der Waals surface area contributed by atoms with Crippen molar-refractivity contribution in [3.8, 4) is 17.3 Å². The number of para-hydroxylation sites is 1. The molecule has 0 spiro atoms. The molecule has 1 aromatic heterocycles. The number of pyridine rings is 1. The smallest absolute Gasteiger partial charge is 0.267 e. The molecule has 0 atom stereocenters. The number of nitrogens with one attached hydrogen (secondary N) is 1. The molecule has 1 heterocycles. The highest BCUT2D eigenvalue weighted by Gasteiger charge is 2.14. The summed E-state index contributed by atoms with van der Waals surface area (Å²) < 4.78 is 0. The van der Waals surface area contributed by atoms with Gasteiger partial charge in [0.15, 0.2) is 0 Å². The SMILES string of the molecule is N#Cc1ccc(C=NNC(=O)c2cc(-c3ccc(Cl)c(Cl)c3)nc3ccccc23)cc1. The molecule has 4 rings (SSSR count). The molecule has 0 aliphatic heterocycles. The van der Waals surface area contributed by atoms with Crippen LogP contribution in [-0.2, 0) is 0 Å². The van der Waals surface area contributed by atoms with E-state index in [0.717, 1.165) is 11.1 Å². The standard InChI is InChI=1S/C24H14Cl2N4O/c25-20-10-9-17(11-21(20)26)23-12-19(18-3-1-2-4-22(18)29-23)24(31)30-28-14-16-7-5-15(13-27)6-8-16/h1-12,14H,(H,30,31). The maximum absolute atomic E-state index is 12.9. The van der Waals surface area contributed by atoms with Gasteiger partial charge in [-0.25, -0.2) is 10.4 Å². The number of benzene rings is 3. The summed E-state index contributed by atoms with van der Waals surface area (Å²) >= 11 is 12.2. The van der Waals surface area contributed by atoms with Gasteiger partial charge in [-0.15, -0.1) is 0 Å². The summed E-state index contributed by atoms with van der Waals surface area (Å²) in [5.74, 6) is -0.371. The van der Waals surface area contributed by atoms with Crippen LogP contribution in [-0.4, -0.2) is 17.1 Å². The number of nitrogens with zero attached hydrogens (tertiary/aromatic N) is 3.